The van der Waals surface area contributed by atoms with Crippen LogP contribution in [0.4, 0.5) is 13.2 Å². The highest BCUT2D eigenvalue weighted by molar-refractivity contribution is 8.00. The van der Waals surface area contributed by atoms with Crippen LogP contribution in [0.1, 0.15) is 0 Å². The van der Waals surface area contributed by atoms with Crippen LogP contribution < -0.4 is 0 Å². The Morgan fingerprint density at radius 2 is 2.08 bits per heavy atom. The summed E-state index contributed by atoms with van der Waals surface area (Å²) in [4.78, 5) is 9.81. The fourth-order valence-electron chi connectivity index (χ4n) is 0.376. The molecule has 0 atom stereocenters. The largest absolute Gasteiger partial charge is 0.480 e. The molecule has 0 aliphatic heterocycles. The summed E-state index contributed by atoms with van der Waals surface area (Å²) in [6, 6.07) is 0. The summed E-state index contributed by atoms with van der Waals surface area (Å²) in [6.07, 6.45) is 0. The Balaban J connectivity index is 3.17. The van der Waals surface area contributed by atoms with E-state index in [0.29, 0.717) is 0 Å². The first-order chi connectivity index (χ1) is 5.42. The minimum atomic E-state index is -4.27. The zero-order valence-corrected chi connectivity index (χ0v) is 6.74. The Hall–Kier alpha value is -0.430. The zero-order valence-electron chi connectivity index (χ0n) is 5.93. The van der Waals surface area contributed by atoms with Crippen molar-refractivity contribution < 1.29 is 27.8 Å². The second-order valence-electron chi connectivity index (χ2n) is 1.74. The molecule has 0 unspecified atom stereocenters. The standard InChI is InChI=1S/C5H7F3O3S/c6-5(7,8)12-2-1-11-3-4(9)10/h1-3H2,(H,9,10). The molecule has 0 rings (SSSR count). The van der Waals surface area contributed by atoms with Crippen LogP contribution in [0.25, 0.3) is 0 Å². The van der Waals surface area contributed by atoms with Crippen molar-refractivity contribution in [1.82, 2.24) is 0 Å². The van der Waals surface area contributed by atoms with Crippen LogP contribution in [0, 0.1) is 0 Å². The second-order valence-corrected chi connectivity index (χ2v) is 2.90. The van der Waals surface area contributed by atoms with Crippen molar-refractivity contribution in [2.45, 2.75) is 5.51 Å². The van der Waals surface area contributed by atoms with Gasteiger partial charge < -0.3 is 9.84 Å². The molecule has 3 nitrogen and oxygen atoms in total. The SMILES string of the molecule is O=C(O)COCCSC(F)(F)F. The maximum absolute atomic E-state index is 11.4. The molecule has 0 spiro atoms. The molecule has 0 saturated heterocycles. The number of carbonyl (C=O) groups is 1. The van der Waals surface area contributed by atoms with Gasteiger partial charge in [-0.25, -0.2) is 4.79 Å². The van der Waals surface area contributed by atoms with Crippen molar-refractivity contribution in [1.29, 1.82) is 0 Å². The van der Waals surface area contributed by atoms with Crippen LogP contribution in [-0.2, 0) is 9.53 Å². The molecule has 0 saturated carbocycles. The molecule has 0 aliphatic carbocycles. The van der Waals surface area contributed by atoms with E-state index in [4.69, 9.17) is 5.11 Å². The fourth-order valence-corrected chi connectivity index (χ4v) is 0.808. The maximum Gasteiger partial charge on any atom is 0.441 e. The summed E-state index contributed by atoms with van der Waals surface area (Å²) >= 11 is -0.233. The average Bonchev–Trinajstić information content (AvgIpc) is 1.83. The van der Waals surface area contributed by atoms with Gasteiger partial charge in [-0.15, -0.1) is 0 Å². The number of halogens is 3. The summed E-state index contributed by atoms with van der Waals surface area (Å²) in [7, 11) is 0. The van der Waals surface area contributed by atoms with Crippen LogP contribution in [0.5, 0.6) is 0 Å². The van der Waals surface area contributed by atoms with Crippen LogP contribution in [0.2, 0.25) is 0 Å². The Labute approximate surface area is 70.9 Å². The van der Waals surface area contributed by atoms with Gasteiger partial charge in [0.2, 0.25) is 0 Å². The van der Waals surface area contributed by atoms with E-state index in [2.05, 4.69) is 4.74 Å². The maximum atomic E-state index is 11.4. The molecule has 0 aromatic heterocycles. The normalized spacial score (nSPS) is 11.6. The molecule has 72 valence electrons. The number of ether oxygens (including phenoxy) is 1. The van der Waals surface area contributed by atoms with E-state index in [-0.39, 0.29) is 24.1 Å². The monoisotopic (exact) mass is 204 g/mol. The predicted octanol–water partition coefficient (Wildman–Crippen LogP) is 1.34. The van der Waals surface area contributed by atoms with E-state index >= 15 is 0 Å². The number of alkyl halides is 3. The van der Waals surface area contributed by atoms with Crippen molar-refractivity contribution in [2.24, 2.45) is 0 Å². The molecular weight excluding hydrogens is 197 g/mol. The lowest BCUT2D eigenvalue weighted by molar-refractivity contribution is -0.141. The molecule has 0 aromatic rings. The van der Waals surface area contributed by atoms with Gasteiger partial charge in [0.25, 0.3) is 0 Å². The van der Waals surface area contributed by atoms with Crippen molar-refractivity contribution in [3.8, 4) is 0 Å². The summed E-state index contributed by atoms with van der Waals surface area (Å²) in [5, 5.41) is 8.02. The highest BCUT2D eigenvalue weighted by atomic mass is 32.2. The predicted molar refractivity (Wildman–Crippen MR) is 37.0 cm³/mol. The number of hydrogen-bond donors (Lipinski definition) is 1. The van der Waals surface area contributed by atoms with Crippen LogP contribution in [0.3, 0.4) is 0 Å². The number of aliphatic carboxylic acids is 1. The lowest BCUT2D eigenvalue weighted by atomic mass is 10.7. The summed E-state index contributed by atoms with van der Waals surface area (Å²) < 4.78 is 38.7. The van der Waals surface area contributed by atoms with Crippen molar-refractivity contribution in [3.63, 3.8) is 0 Å². The first-order valence-corrected chi connectivity index (χ1v) is 3.90. The summed E-state index contributed by atoms with van der Waals surface area (Å²) in [5.74, 6) is -1.47. The fraction of sp³-hybridized carbons (Fsp3) is 0.800. The molecule has 0 amide bonds. The molecular formula is C5H7F3O3S. The van der Waals surface area contributed by atoms with Gasteiger partial charge in [-0.1, -0.05) is 0 Å². The van der Waals surface area contributed by atoms with Gasteiger partial charge in [-0.2, -0.15) is 13.2 Å². The van der Waals surface area contributed by atoms with E-state index in [1.165, 1.54) is 0 Å². The van der Waals surface area contributed by atoms with Gasteiger partial charge >= 0.3 is 11.5 Å². The molecule has 0 heterocycles. The van der Waals surface area contributed by atoms with Crippen LogP contribution in [-0.4, -0.2) is 35.6 Å². The lowest BCUT2D eigenvalue weighted by Gasteiger charge is -2.04. The molecule has 12 heavy (non-hydrogen) atoms. The first kappa shape index (κ1) is 11.6. The minimum Gasteiger partial charge on any atom is -0.480 e. The van der Waals surface area contributed by atoms with Crippen molar-refractivity contribution in [2.75, 3.05) is 19.0 Å². The van der Waals surface area contributed by atoms with E-state index < -0.39 is 18.1 Å². The number of thioether (sulfide) groups is 1. The molecule has 0 bridgehead atoms. The third-order valence-corrected chi connectivity index (χ3v) is 1.42. The molecule has 1 N–H and O–H groups in total. The van der Waals surface area contributed by atoms with Gasteiger partial charge in [0.05, 0.1) is 6.61 Å². The molecule has 0 radical (unpaired) electrons. The molecule has 0 aliphatic rings. The summed E-state index contributed by atoms with van der Waals surface area (Å²) in [5.41, 5.74) is -4.27. The van der Waals surface area contributed by atoms with Gasteiger partial charge in [0.15, 0.2) is 0 Å². The third-order valence-electron chi connectivity index (χ3n) is 0.719. The molecule has 0 aromatic carbocycles. The summed E-state index contributed by atoms with van der Waals surface area (Å²) in [6.45, 7) is -0.769. The lowest BCUT2D eigenvalue weighted by Crippen LogP contribution is -2.11. The average molecular weight is 204 g/mol. The van der Waals surface area contributed by atoms with E-state index in [0.717, 1.165) is 0 Å². The van der Waals surface area contributed by atoms with E-state index in [1.54, 1.807) is 0 Å². The zero-order chi connectivity index (χ0) is 9.61. The topological polar surface area (TPSA) is 46.5 Å². The number of carboxylic acid groups (broad SMARTS) is 1. The van der Waals surface area contributed by atoms with Crippen LogP contribution in [0.15, 0.2) is 0 Å². The van der Waals surface area contributed by atoms with Gasteiger partial charge in [0.1, 0.15) is 6.61 Å². The van der Waals surface area contributed by atoms with Crippen LogP contribution >= 0.6 is 11.8 Å². The molecule has 0 fully saturated rings. The minimum absolute atomic E-state index is 0.212. The van der Waals surface area contributed by atoms with Crippen molar-refractivity contribution >= 4 is 17.7 Å². The first-order valence-electron chi connectivity index (χ1n) is 2.92. The Morgan fingerprint density at radius 1 is 1.50 bits per heavy atom. The number of hydrogen-bond acceptors (Lipinski definition) is 3. The number of rotatable bonds is 5. The van der Waals surface area contributed by atoms with Gasteiger partial charge in [-0.3, -0.25) is 0 Å². The Bertz CT molecular complexity index is 147. The molecule has 7 heteroatoms. The highest BCUT2D eigenvalue weighted by Gasteiger charge is 2.27. The van der Waals surface area contributed by atoms with Gasteiger partial charge in [-0.05, 0) is 11.8 Å². The Morgan fingerprint density at radius 3 is 2.50 bits per heavy atom. The smallest absolute Gasteiger partial charge is 0.441 e. The second kappa shape index (κ2) is 5.26. The quantitative estimate of drug-likeness (QED) is 0.686. The van der Waals surface area contributed by atoms with E-state index in [9.17, 15) is 18.0 Å². The highest BCUT2D eigenvalue weighted by Crippen LogP contribution is 2.29. The number of carboxylic acids is 1. The Kier molecular flexibility index (Phi) is 5.07. The third kappa shape index (κ3) is 9.57. The van der Waals surface area contributed by atoms with Gasteiger partial charge in [0, 0.05) is 5.75 Å². The van der Waals surface area contributed by atoms with E-state index in [1.807, 2.05) is 0 Å². The van der Waals surface area contributed by atoms with Crippen molar-refractivity contribution in [3.05, 3.63) is 0 Å².